The van der Waals surface area contributed by atoms with E-state index in [0.29, 0.717) is 12.0 Å². The van der Waals surface area contributed by atoms with E-state index in [1.807, 2.05) is 0 Å². The van der Waals surface area contributed by atoms with Crippen molar-refractivity contribution in [2.45, 2.75) is 20.0 Å². The maximum atomic E-state index is 13.4. The number of carboxylic acids is 1. The van der Waals surface area contributed by atoms with E-state index in [1.165, 1.54) is 18.2 Å². The molecule has 0 heterocycles. The summed E-state index contributed by atoms with van der Waals surface area (Å²) in [6, 6.07) is 4.21. The number of benzene rings is 1. The van der Waals surface area contributed by atoms with Crippen molar-refractivity contribution in [2.75, 3.05) is 0 Å². The first-order valence-electron chi connectivity index (χ1n) is 4.91. The average Bonchev–Trinajstić information content (AvgIpc) is 2.26. The molecule has 16 heavy (non-hydrogen) atoms. The van der Waals surface area contributed by atoms with E-state index < -0.39 is 11.8 Å². The SMILES string of the molecule is CCC(=Cc1ccc(CO)cc1F)C(=O)O. The van der Waals surface area contributed by atoms with E-state index in [1.54, 1.807) is 13.0 Å². The highest BCUT2D eigenvalue weighted by atomic mass is 19.1. The summed E-state index contributed by atoms with van der Waals surface area (Å²) in [6.45, 7) is 1.46. The van der Waals surface area contributed by atoms with Crippen LogP contribution in [0.3, 0.4) is 0 Å². The van der Waals surface area contributed by atoms with Crippen LogP contribution in [0.1, 0.15) is 24.5 Å². The molecule has 0 amide bonds. The van der Waals surface area contributed by atoms with E-state index in [2.05, 4.69) is 0 Å². The van der Waals surface area contributed by atoms with Gasteiger partial charge in [0.15, 0.2) is 0 Å². The van der Waals surface area contributed by atoms with Crippen molar-refractivity contribution in [3.8, 4) is 0 Å². The standard InChI is InChI=1S/C12H13FO3/c1-2-9(12(15)16)6-10-4-3-8(7-14)5-11(10)13/h3-6,14H,2,7H2,1H3,(H,15,16). The highest BCUT2D eigenvalue weighted by Gasteiger charge is 2.07. The summed E-state index contributed by atoms with van der Waals surface area (Å²) in [6.07, 6.45) is 1.63. The van der Waals surface area contributed by atoms with Crippen molar-refractivity contribution in [1.29, 1.82) is 0 Å². The Balaban J connectivity index is 3.10. The lowest BCUT2D eigenvalue weighted by Crippen LogP contribution is -1.99. The average molecular weight is 224 g/mol. The summed E-state index contributed by atoms with van der Waals surface area (Å²) in [5, 5.41) is 17.6. The highest BCUT2D eigenvalue weighted by Crippen LogP contribution is 2.15. The summed E-state index contributed by atoms with van der Waals surface area (Å²) in [4.78, 5) is 10.7. The second-order valence-electron chi connectivity index (χ2n) is 3.34. The van der Waals surface area contributed by atoms with Crippen molar-refractivity contribution < 1.29 is 19.4 Å². The Morgan fingerprint density at radius 1 is 1.50 bits per heavy atom. The molecule has 0 unspecified atom stereocenters. The predicted octanol–water partition coefficient (Wildman–Crippen LogP) is 2.20. The first-order valence-corrected chi connectivity index (χ1v) is 4.91. The number of rotatable bonds is 4. The zero-order chi connectivity index (χ0) is 12.1. The molecule has 0 aromatic heterocycles. The minimum absolute atomic E-state index is 0.149. The Morgan fingerprint density at radius 3 is 2.62 bits per heavy atom. The fraction of sp³-hybridized carbons (Fsp3) is 0.250. The van der Waals surface area contributed by atoms with Gasteiger partial charge in [0.05, 0.1) is 6.61 Å². The molecule has 0 fully saturated rings. The number of carboxylic acid groups (broad SMARTS) is 1. The summed E-state index contributed by atoms with van der Waals surface area (Å²) in [7, 11) is 0. The lowest BCUT2D eigenvalue weighted by atomic mass is 10.1. The van der Waals surface area contributed by atoms with Crippen LogP contribution in [0.15, 0.2) is 23.8 Å². The van der Waals surface area contributed by atoms with Crippen molar-refractivity contribution in [1.82, 2.24) is 0 Å². The Kier molecular flexibility index (Phi) is 4.19. The van der Waals surface area contributed by atoms with E-state index >= 15 is 0 Å². The van der Waals surface area contributed by atoms with Crippen molar-refractivity contribution in [2.24, 2.45) is 0 Å². The Hall–Kier alpha value is -1.68. The maximum absolute atomic E-state index is 13.4. The number of aliphatic hydroxyl groups excluding tert-OH is 1. The van der Waals surface area contributed by atoms with Crippen LogP contribution >= 0.6 is 0 Å². The molecular weight excluding hydrogens is 211 g/mol. The number of carbonyl (C=O) groups is 1. The molecule has 2 N–H and O–H groups in total. The Morgan fingerprint density at radius 2 is 2.19 bits per heavy atom. The first kappa shape index (κ1) is 12.4. The smallest absolute Gasteiger partial charge is 0.331 e. The van der Waals surface area contributed by atoms with Crippen LogP contribution < -0.4 is 0 Å². The third-order valence-electron chi connectivity index (χ3n) is 2.23. The summed E-state index contributed by atoms with van der Waals surface area (Å²) >= 11 is 0. The number of halogens is 1. The lowest BCUT2D eigenvalue weighted by Gasteiger charge is -2.02. The number of hydrogen-bond donors (Lipinski definition) is 2. The molecule has 0 atom stereocenters. The molecule has 1 aromatic carbocycles. The molecule has 0 saturated heterocycles. The van der Waals surface area contributed by atoms with Gasteiger partial charge < -0.3 is 10.2 Å². The second kappa shape index (κ2) is 5.42. The molecule has 1 aromatic rings. The predicted molar refractivity (Wildman–Crippen MR) is 58.2 cm³/mol. The van der Waals surface area contributed by atoms with Crippen LogP contribution in [0.2, 0.25) is 0 Å². The molecule has 0 saturated carbocycles. The van der Waals surface area contributed by atoms with E-state index in [0.717, 1.165) is 0 Å². The second-order valence-corrected chi connectivity index (χ2v) is 3.34. The quantitative estimate of drug-likeness (QED) is 0.771. The third kappa shape index (κ3) is 2.90. The van der Waals surface area contributed by atoms with Gasteiger partial charge in [-0.3, -0.25) is 0 Å². The molecular formula is C12H13FO3. The molecule has 0 radical (unpaired) electrons. The monoisotopic (exact) mass is 224 g/mol. The van der Waals surface area contributed by atoms with Gasteiger partial charge in [-0.05, 0) is 24.1 Å². The molecule has 0 bridgehead atoms. The molecule has 0 spiro atoms. The van der Waals surface area contributed by atoms with Crippen LogP contribution in [0, 0.1) is 5.82 Å². The van der Waals surface area contributed by atoms with Gasteiger partial charge in [-0.1, -0.05) is 19.1 Å². The van der Waals surface area contributed by atoms with Gasteiger partial charge >= 0.3 is 5.97 Å². The molecule has 1 rings (SSSR count). The third-order valence-corrected chi connectivity index (χ3v) is 2.23. The molecule has 4 heteroatoms. The lowest BCUT2D eigenvalue weighted by molar-refractivity contribution is -0.132. The molecule has 0 aliphatic heterocycles. The van der Waals surface area contributed by atoms with Crippen LogP contribution in [0.4, 0.5) is 4.39 Å². The largest absolute Gasteiger partial charge is 0.478 e. The van der Waals surface area contributed by atoms with Crippen molar-refractivity contribution in [3.63, 3.8) is 0 Å². The molecule has 86 valence electrons. The van der Waals surface area contributed by atoms with Crippen LogP contribution in [-0.4, -0.2) is 16.2 Å². The fourth-order valence-corrected chi connectivity index (χ4v) is 1.29. The topological polar surface area (TPSA) is 57.5 Å². The van der Waals surface area contributed by atoms with E-state index in [9.17, 15) is 9.18 Å². The normalized spacial score (nSPS) is 11.6. The van der Waals surface area contributed by atoms with E-state index in [4.69, 9.17) is 10.2 Å². The van der Waals surface area contributed by atoms with Gasteiger partial charge in [0.25, 0.3) is 0 Å². The van der Waals surface area contributed by atoms with Crippen molar-refractivity contribution in [3.05, 3.63) is 40.7 Å². The first-order chi connectivity index (χ1) is 7.58. The Bertz CT molecular complexity index is 424. The highest BCUT2D eigenvalue weighted by molar-refractivity contribution is 5.92. The van der Waals surface area contributed by atoms with Gasteiger partial charge in [-0.25, -0.2) is 9.18 Å². The molecule has 3 nitrogen and oxygen atoms in total. The van der Waals surface area contributed by atoms with Gasteiger partial charge in [-0.2, -0.15) is 0 Å². The zero-order valence-electron chi connectivity index (χ0n) is 8.90. The minimum Gasteiger partial charge on any atom is -0.478 e. The van der Waals surface area contributed by atoms with Crippen LogP contribution in [0.25, 0.3) is 6.08 Å². The van der Waals surface area contributed by atoms with Gasteiger partial charge in [0.1, 0.15) is 5.82 Å². The molecule has 0 aliphatic rings. The van der Waals surface area contributed by atoms with Gasteiger partial charge in [-0.15, -0.1) is 0 Å². The number of hydrogen-bond acceptors (Lipinski definition) is 2. The summed E-state index contributed by atoms with van der Waals surface area (Å²) in [5.41, 5.74) is 0.829. The van der Waals surface area contributed by atoms with E-state index in [-0.39, 0.29) is 17.7 Å². The van der Waals surface area contributed by atoms with Crippen molar-refractivity contribution >= 4 is 12.0 Å². The Labute approximate surface area is 92.8 Å². The number of aliphatic carboxylic acids is 1. The summed E-state index contributed by atoms with van der Waals surface area (Å²) in [5.74, 6) is -1.58. The zero-order valence-corrected chi connectivity index (χ0v) is 8.90. The van der Waals surface area contributed by atoms with Gasteiger partial charge in [0.2, 0.25) is 0 Å². The fourth-order valence-electron chi connectivity index (χ4n) is 1.29. The van der Waals surface area contributed by atoms with Gasteiger partial charge in [0, 0.05) is 11.1 Å². The van der Waals surface area contributed by atoms with Crippen LogP contribution in [0.5, 0.6) is 0 Å². The number of aliphatic hydroxyl groups is 1. The minimum atomic E-state index is -1.05. The van der Waals surface area contributed by atoms with Crippen LogP contribution in [-0.2, 0) is 11.4 Å². The molecule has 0 aliphatic carbocycles. The maximum Gasteiger partial charge on any atom is 0.331 e. The summed E-state index contributed by atoms with van der Waals surface area (Å²) < 4.78 is 13.4.